The number of esters is 1. The number of rotatable bonds is 16. The summed E-state index contributed by atoms with van der Waals surface area (Å²) < 4.78 is 16.1. The van der Waals surface area contributed by atoms with E-state index in [4.69, 9.17) is 14.2 Å². The number of methoxy groups -OCH3 is 1. The van der Waals surface area contributed by atoms with Crippen LogP contribution in [0.2, 0.25) is 0 Å². The van der Waals surface area contributed by atoms with Crippen LogP contribution in [0, 0.1) is 11.8 Å². The van der Waals surface area contributed by atoms with Crippen molar-refractivity contribution < 1.29 is 43.4 Å². The Morgan fingerprint density at radius 1 is 0.946 bits per heavy atom. The fourth-order valence-electron chi connectivity index (χ4n) is 7.65. The van der Waals surface area contributed by atoms with Gasteiger partial charge in [-0.25, -0.2) is 14.4 Å². The molecule has 2 saturated heterocycles. The lowest BCUT2D eigenvalue weighted by atomic mass is 9.80. The maximum atomic E-state index is 14.3. The van der Waals surface area contributed by atoms with E-state index in [2.05, 4.69) is 16.0 Å². The molecule has 1 aromatic carbocycles. The Labute approximate surface area is 333 Å². The number of likely N-dealkylation sites (tertiary alicyclic amines) is 1. The molecule has 0 aliphatic carbocycles. The molecule has 0 saturated carbocycles. The minimum Gasteiger partial charge on any atom is -0.467 e. The molecule has 0 bridgehead atoms. The number of amides is 4. The van der Waals surface area contributed by atoms with Gasteiger partial charge in [-0.3, -0.25) is 9.59 Å². The van der Waals surface area contributed by atoms with Gasteiger partial charge >= 0.3 is 18.2 Å². The van der Waals surface area contributed by atoms with Gasteiger partial charge in [-0.1, -0.05) is 56.3 Å². The number of nitrogens with zero attached hydrogens (tertiary/aromatic N) is 2. The molecule has 14 nitrogen and oxygen atoms in total. The van der Waals surface area contributed by atoms with E-state index >= 15 is 0 Å². The Morgan fingerprint density at radius 3 is 2.18 bits per heavy atom. The highest BCUT2D eigenvalue weighted by molar-refractivity contribution is 5.92. The number of alkyl carbamates (subject to hydrolysis) is 2. The molecule has 2 heterocycles. The van der Waals surface area contributed by atoms with Crippen molar-refractivity contribution >= 4 is 30.0 Å². The molecule has 2 fully saturated rings. The smallest absolute Gasteiger partial charge is 0.408 e. The lowest BCUT2D eigenvalue weighted by Crippen LogP contribution is -2.60. The summed E-state index contributed by atoms with van der Waals surface area (Å²) in [5.74, 6) is -1.71. The van der Waals surface area contributed by atoms with Crippen molar-refractivity contribution in [2.24, 2.45) is 11.8 Å². The summed E-state index contributed by atoms with van der Waals surface area (Å²) in [6.07, 6.45) is 5.42. The lowest BCUT2D eigenvalue weighted by Gasteiger charge is -2.49. The van der Waals surface area contributed by atoms with Crippen molar-refractivity contribution in [3.8, 4) is 0 Å². The molecule has 0 aromatic heterocycles. The van der Waals surface area contributed by atoms with Gasteiger partial charge in [0, 0.05) is 37.0 Å². The second kappa shape index (κ2) is 20.3. The van der Waals surface area contributed by atoms with E-state index in [0.717, 1.165) is 10.6 Å². The molecule has 0 unspecified atom stereocenters. The van der Waals surface area contributed by atoms with Crippen LogP contribution in [0.5, 0.6) is 0 Å². The molecule has 1 aromatic rings. The van der Waals surface area contributed by atoms with Crippen LogP contribution in [0.15, 0.2) is 42.5 Å². The van der Waals surface area contributed by atoms with E-state index in [1.807, 2.05) is 84.0 Å². The Kier molecular flexibility index (Phi) is 16.8. The number of ether oxygens (including phenoxy) is 3. The van der Waals surface area contributed by atoms with Crippen LogP contribution in [0.3, 0.4) is 0 Å². The molecule has 4 amide bonds. The predicted molar refractivity (Wildman–Crippen MR) is 211 cm³/mol. The first-order chi connectivity index (χ1) is 26.1. The van der Waals surface area contributed by atoms with Gasteiger partial charge in [-0.15, -0.1) is 10.3 Å². The third-order valence-electron chi connectivity index (χ3n) is 10.0. The van der Waals surface area contributed by atoms with Crippen molar-refractivity contribution in [3.05, 3.63) is 48.0 Å². The second-order valence-corrected chi connectivity index (χ2v) is 17.8. The summed E-state index contributed by atoms with van der Waals surface area (Å²) in [5.41, 5.74) is -1.09. The number of carbonyl (C=O) groups excluding carboxylic acids is 5. The molecule has 56 heavy (non-hydrogen) atoms. The van der Waals surface area contributed by atoms with Gasteiger partial charge in [0.15, 0.2) is 0 Å². The molecule has 4 atom stereocenters. The molecule has 1 radical (unpaired) electrons. The molecule has 313 valence electrons. The standard InChI is InChI=1S/C42H66N5O9/c1-28(2)24-31(44-39(52)56-40(3,4)5)21-20-30(25-29-16-12-11-13-17-29)36(49)46-23-15-19-34(46)35(48)45-33(37(50)54-10)18-14-22-43-38(51)55-32-26-41(6,7)47(53)42(8,9)27-32/h11-13,16-17,20-21,28,30-34H,14-15,18-19,22-27H2,1-10H3,(H,43,51)(H,44,52)(H,45,48)/b21-20+/t30-,31-,33+,34+/m1/s1. The van der Waals surface area contributed by atoms with Crippen molar-refractivity contribution in [2.45, 2.75) is 155 Å². The Bertz CT molecular complexity index is 1490. The number of hydroxylamine groups is 2. The maximum absolute atomic E-state index is 14.3. The monoisotopic (exact) mass is 784 g/mol. The summed E-state index contributed by atoms with van der Waals surface area (Å²) in [6, 6.07) is 7.43. The molecule has 14 heteroatoms. The average molecular weight is 785 g/mol. The Hall–Kier alpha value is -4.17. The van der Waals surface area contributed by atoms with E-state index in [9.17, 15) is 29.2 Å². The van der Waals surface area contributed by atoms with Crippen LogP contribution in [-0.4, -0.2) is 101 Å². The lowest BCUT2D eigenvalue weighted by molar-refractivity contribution is -0.298. The molecule has 2 aliphatic rings. The van der Waals surface area contributed by atoms with Crippen molar-refractivity contribution in [2.75, 3.05) is 20.2 Å². The van der Waals surface area contributed by atoms with E-state index < -0.39 is 64.8 Å². The van der Waals surface area contributed by atoms with Crippen LogP contribution in [0.25, 0.3) is 0 Å². The number of carbonyl (C=O) groups is 5. The summed E-state index contributed by atoms with van der Waals surface area (Å²) in [4.78, 5) is 67.8. The number of nitrogens with one attached hydrogen (secondary N) is 3. The molecular weight excluding hydrogens is 718 g/mol. The van der Waals surface area contributed by atoms with Crippen LogP contribution in [-0.2, 0) is 40.2 Å². The van der Waals surface area contributed by atoms with Crippen LogP contribution < -0.4 is 16.0 Å². The van der Waals surface area contributed by atoms with Crippen molar-refractivity contribution in [1.29, 1.82) is 0 Å². The SMILES string of the molecule is COC(=O)[C@H](CCCNC(=O)OC1CC(C)(C)N([O])C(C)(C)C1)NC(=O)[C@@H]1CCCN1C(=O)[C@H](/C=C/[C@H](CC(C)C)NC(=O)OC(C)(C)C)Cc1ccccc1. The summed E-state index contributed by atoms with van der Waals surface area (Å²) >= 11 is 0. The van der Waals surface area contributed by atoms with Crippen LogP contribution >= 0.6 is 0 Å². The highest BCUT2D eigenvalue weighted by Gasteiger charge is 2.47. The number of benzene rings is 1. The Morgan fingerprint density at radius 2 is 1.59 bits per heavy atom. The zero-order valence-corrected chi connectivity index (χ0v) is 35.1. The first-order valence-corrected chi connectivity index (χ1v) is 19.9. The van der Waals surface area contributed by atoms with Crippen molar-refractivity contribution in [3.63, 3.8) is 0 Å². The van der Waals surface area contributed by atoms with Crippen LogP contribution in [0.1, 0.15) is 113 Å². The van der Waals surface area contributed by atoms with Gasteiger partial charge in [0.1, 0.15) is 23.8 Å². The summed E-state index contributed by atoms with van der Waals surface area (Å²) in [7, 11) is 1.24. The number of hydrogen-bond donors (Lipinski definition) is 3. The van der Waals surface area contributed by atoms with Gasteiger partial charge in [0.05, 0.1) is 19.1 Å². The molecule has 3 N–H and O–H groups in total. The van der Waals surface area contributed by atoms with E-state index in [-0.39, 0.29) is 30.8 Å². The third-order valence-corrected chi connectivity index (χ3v) is 10.0. The zero-order valence-electron chi connectivity index (χ0n) is 35.1. The molecule has 3 rings (SSSR count). The fourth-order valence-corrected chi connectivity index (χ4v) is 7.65. The van der Waals surface area contributed by atoms with E-state index in [1.54, 1.807) is 25.7 Å². The summed E-state index contributed by atoms with van der Waals surface area (Å²) in [5, 5.41) is 22.2. The Balaban J connectivity index is 1.67. The quantitative estimate of drug-likeness (QED) is 0.0802. The fraction of sp³-hybridized carbons (Fsp3) is 0.690. The largest absolute Gasteiger partial charge is 0.467 e. The zero-order chi connectivity index (χ0) is 41.8. The predicted octanol–water partition coefficient (Wildman–Crippen LogP) is 5.86. The highest BCUT2D eigenvalue weighted by atomic mass is 16.6. The van der Waals surface area contributed by atoms with Gasteiger partial charge in [0.2, 0.25) is 11.8 Å². The molecule has 0 spiro atoms. The van der Waals surface area contributed by atoms with Gasteiger partial charge in [-0.2, -0.15) is 0 Å². The van der Waals surface area contributed by atoms with E-state index in [0.29, 0.717) is 51.5 Å². The molecular formula is C42H66N5O9. The average Bonchev–Trinajstić information content (AvgIpc) is 3.59. The molecule has 2 aliphatic heterocycles. The number of hydrogen-bond acceptors (Lipinski definition) is 9. The minimum absolute atomic E-state index is 0.176. The topological polar surface area (TPSA) is 176 Å². The van der Waals surface area contributed by atoms with Gasteiger partial charge in [0.25, 0.3) is 0 Å². The highest BCUT2D eigenvalue weighted by Crippen LogP contribution is 2.38. The van der Waals surface area contributed by atoms with Crippen molar-refractivity contribution in [1.82, 2.24) is 25.9 Å². The first kappa shape index (κ1) is 46.2. The number of piperidine rings is 1. The van der Waals surface area contributed by atoms with Gasteiger partial charge < -0.3 is 35.1 Å². The maximum Gasteiger partial charge on any atom is 0.408 e. The van der Waals surface area contributed by atoms with Gasteiger partial charge in [-0.05, 0) is 98.5 Å². The van der Waals surface area contributed by atoms with Crippen LogP contribution in [0.4, 0.5) is 9.59 Å². The summed E-state index contributed by atoms with van der Waals surface area (Å²) in [6.45, 7) is 17.4. The van der Waals surface area contributed by atoms with E-state index in [1.165, 1.54) is 7.11 Å². The minimum atomic E-state index is -0.999. The first-order valence-electron chi connectivity index (χ1n) is 19.9. The normalized spacial score (nSPS) is 20.2. The second-order valence-electron chi connectivity index (χ2n) is 17.8. The third kappa shape index (κ3) is 14.4.